The highest BCUT2D eigenvalue weighted by Gasteiger charge is 2.16. The van der Waals surface area contributed by atoms with Crippen molar-refractivity contribution in [3.8, 4) is 0 Å². The molecule has 0 fully saturated rings. The fourth-order valence-corrected chi connectivity index (χ4v) is 4.22. The van der Waals surface area contributed by atoms with Crippen LogP contribution in [-0.4, -0.2) is 30.2 Å². The van der Waals surface area contributed by atoms with Crippen LogP contribution in [0.15, 0.2) is 15.9 Å². The molecule has 6 nitrogen and oxygen atoms in total. The number of aryl methyl sites for hydroxylation is 1. The minimum atomic E-state index is -4.13. The molecule has 19 heavy (non-hydrogen) atoms. The molecule has 0 amide bonds. The first-order valence-electron chi connectivity index (χ1n) is 5.16. The lowest BCUT2D eigenvalue weighted by molar-refractivity contribution is 0.282. The van der Waals surface area contributed by atoms with Crippen LogP contribution >= 0.6 is 11.6 Å². The third kappa shape index (κ3) is 4.64. The normalized spacial score (nSPS) is 12.3. The lowest BCUT2D eigenvalue weighted by Crippen LogP contribution is -2.14. The zero-order chi connectivity index (χ0) is 14.8. The van der Waals surface area contributed by atoms with Gasteiger partial charge in [0.05, 0.1) is 22.0 Å². The van der Waals surface area contributed by atoms with Gasteiger partial charge < -0.3 is 5.11 Å². The maximum atomic E-state index is 11.8. The summed E-state index contributed by atoms with van der Waals surface area (Å²) < 4.78 is 40.4. The Labute approximate surface area is 118 Å². The summed E-state index contributed by atoms with van der Waals surface area (Å²) in [5, 5.41) is 9.48. The number of nitrogens with zero attached hydrogens (tertiary/aromatic N) is 1. The summed E-state index contributed by atoms with van der Waals surface area (Å²) in [5.74, 6) is 0. The van der Waals surface area contributed by atoms with Crippen LogP contribution in [-0.2, 0) is 26.5 Å². The van der Waals surface area contributed by atoms with E-state index in [1.807, 2.05) is 0 Å². The molecule has 1 aromatic carbocycles. The van der Waals surface area contributed by atoms with E-state index in [0.29, 0.717) is 5.56 Å². The molecule has 0 bridgehead atoms. The largest absolute Gasteiger partial charge is 0.392 e. The number of hydrogen-bond acceptors (Lipinski definition) is 4. The third-order valence-electron chi connectivity index (χ3n) is 2.13. The van der Waals surface area contributed by atoms with Gasteiger partial charge in [0, 0.05) is 23.1 Å². The Morgan fingerprint density at radius 1 is 1.32 bits per heavy atom. The highest BCUT2D eigenvalue weighted by Crippen LogP contribution is 2.29. The van der Waals surface area contributed by atoms with Crippen LogP contribution in [0, 0.1) is 6.92 Å². The summed E-state index contributed by atoms with van der Waals surface area (Å²) in [4.78, 5) is 0. The van der Waals surface area contributed by atoms with Gasteiger partial charge >= 0.3 is 10.2 Å². The predicted octanol–water partition coefficient (Wildman–Crippen LogP) is 1.53. The van der Waals surface area contributed by atoms with E-state index >= 15 is 0 Å². The molecule has 0 aromatic heterocycles. The number of aliphatic hydroxyl groups excluding tert-OH is 1. The van der Waals surface area contributed by atoms with Crippen molar-refractivity contribution >= 4 is 37.2 Å². The lowest BCUT2D eigenvalue weighted by Gasteiger charge is -2.13. The maximum absolute atomic E-state index is 11.8. The Morgan fingerprint density at radius 2 is 1.89 bits per heavy atom. The SMILES string of the molecule is Cc1ccc(Cl)c(CO)c1NS(=O)(=O)N=S(C)(C)=O. The van der Waals surface area contributed by atoms with E-state index in [1.165, 1.54) is 12.5 Å². The maximum Gasteiger partial charge on any atom is 0.350 e. The Kier molecular flexibility index (Phi) is 4.83. The van der Waals surface area contributed by atoms with Crippen LogP contribution in [0.4, 0.5) is 5.69 Å². The third-order valence-corrected chi connectivity index (χ3v) is 5.17. The number of halogens is 1. The van der Waals surface area contributed by atoms with Gasteiger partial charge in [-0.2, -0.15) is 8.42 Å². The number of aliphatic hydroxyl groups is 1. The Balaban J connectivity index is 3.36. The van der Waals surface area contributed by atoms with Crippen molar-refractivity contribution in [2.24, 2.45) is 3.77 Å². The molecular formula is C10H15ClN2O4S2. The molecule has 0 saturated heterocycles. The number of hydrogen-bond donors (Lipinski definition) is 2. The predicted molar refractivity (Wildman–Crippen MR) is 77.1 cm³/mol. The van der Waals surface area contributed by atoms with E-state index in [4.69, 9.17) is 11.6 Å². The quantitative estimate of drug-likeness (QED) is 0.877. The smallest absolute Gasteiger partial charge is 0.350 e. The summed E-state index contributed by atoms with van der Waals surface area (Å²) in [6.45, 7) is 1.23. The van der Waals surface area contributed by atoms with Crippen LogP contribution in [0.2, 0.25) is 5.02 Å². The van der Waals surface area contributed by atoms with Gasteiger partial charge in [-0.1, -0.05) is 21.4 Å². The first-order chi connectivity index (χ1) is 8.56. The standard InChI is InChI=1S/C10H15ClN2O4S2/c1-7-4-5-9(11)8(6-14)10(7)12-19(16,17)13-18(2,3)15/h4-5,12,14H,6H2,1-3H3. The monoisotopic (exact) mass is 326 g/mol. The zero-order valence-corrected chi connectivity index (χ0v) is 13.1. The van der Waals surface area contributed by atoms with Crippen molar-refractivity contribution in [3.05, 3.63) is 28.3 Å². The molecule has 1 rings (SSSR count). The second-order valence-corrected chi connectivity index (χ2v) is 8.73. The van der Waals surface area contributed by atoms with Crippen molar-refractivity contribution in [2.75, 3.05) is 17.2 Å². The van der Waals surface area contributed by atoms with Gasteiger partial charge in [0.2, 0.25) is 0 Å². The molecule has 0 atom stereocenters. The van der Waals surface area contributed by atoms with E-state index in [0.717, 1.165) is 0 Å². The molecular weight excluding hydrogens is 312 g/mol. The van der Waals surface area contributed by atoms with Crippen LogP contribution in [0.1, 0.15) is 11.1 Å². The summed E-state index contributed by atoms with van der Waals surface area (Å²) >= 11 is 5.88. The van der Waals surface area contributed by atoms with Gasteiger partial charge in [-0.15, -0.1) is 0 Å². The second-order valence-electron chi connectivity index (χ2n) is 4.21. The van der Waals surface area contributed by atoms with Gasteiger partial charge in [-0.05, 0) is 18.6 Å². The molecule has 108 valence electrons. The fraction of sp³-hybridized carbons (Fsp3) is 0.400. The van der Waals surface area contributed by atoms with Crippen LogP contribution in [0.25, 0.3) is 0 Å². The van der Waals surface area contributed by atoms with E-state index in [2.05, 4.69) is 8.49 Å². The van der Waals surface area contributed by atoms with E-state index in [-0.39, 0.29) is 16.3 Å². The number of anilines is 1. The minimum Gasteiger partial charge on any atom is -0.392 e. The molecule has 0 aliphatic carbocycles. The molecule has 9 heteroatoms. The molecule has 0 unspecified atom stereocenters. The molecule has 1 aromatic rings. The van der Waals surface area contributed by atoms with Crippen LogP contribution in [0.3, 0.4) is 0 Å². The fourth-order valence-electron chi connectivity index (χ4n) is 1.42. The van der Waals surface area contributed by atoms with Crippen LogP contribution < -0.4 is 4.72 Å². The summed E-state index contributed by atoms with van der Waals surface area (Å²) in [6.07, 6.45) is 2.42. The summed E-state index contributed by atoms with van der Waals surface area (Å²) in [6, 6.07) is 3.16. The number of nitrogens with one attached hydrogen (secondary N) is 1. The van der Waals surface area contributed by atoms with Crippen molar-refractivity contribution in [1.29, 1.82) is 0 Å². The molecule has 0 aliphatic rings. The number of benzene rings is 1. The van der Waals surface area contributed by atoms with Crippen molar-refractivity contribution < 1.29 is 17.7 Å². The first kappa shape index (κ1) is 16.2. The van der Waals surface area contributed by atoms with Crippen LogP contribution in [0.5, 0.6) is 0 Å². The first-order valence-corrected chi connectivity index (χ1v) is 9.30. The summed E-state index contributed by atoms with van der Waals surface area (Å²) in [5.41, 5.74) is 0.979. The van der Waals surface area contributed by atoms with E-state index < -0.39 is 26.5 Å². The summed E-state index contributed by atoms with van der Waals surface area (Å²) in [7, 11) is -6.95. The van der Waals surface area contributed by atoms with Gasteiger partial charge in [0.15, 0.2) is 0 Å². The Hall–Kier alpha value is -0.830. The minimum absolute atomic E-state index is 0.155. The van der Waals surface area contributed by atoms with Crippen molar-refractivity contribution in [3.63, 3.8) is 0 Å². The lowest BCUT2D eigenvalue weighted by atomic mass is 10.1. The molecule has 0 spiro atoms. The zero-order valence-electron chi connectivity index (χ0n) is 10.7. The second kappa shape index (κ2) is 5.66. The topological polar surface area (TPSA) is 95.8 Å². The van der Waals surface area contributed by atoms with Gasteiger partial charge in [-0.25, -0.2) is 4.21 Å². The van der Waals surface area contributed by atoms with Gasteiger partial charge in [-0.3, -0.25) is 4.72 Å². The van der Waals surface area contributed by atoms with E-state index in [9.17, 15) is 17.7 Å². The number of rotatable bonds is 4. The van der Waals surface area contributed by atoms with Crippen molar-refractivity contribution in [1.82, 2.24) is 0 Å². The average molecular weight is 327 g/mol. The van der Waals surface area contributed by atoms with E-state index in [1.54, 1.807) is 19.1 Å². The highest BCUT2D eigenvalue weighted by molar-refractivity contribution is 8.03. The molecule has 2 N–H and O–H groups in total. The van der Waals surface area contributed by atoms with Crippen molar-refractivity contribution in [2.45, 2.75) is 13.5 Å². The van der Waals surface area contributed by atoms with Gasteiger partial charge in [0.1, 0.15) is 0 Å². The molecule has 0 saturated carbocycles. The Bertz CT molecular complexity index is 698. The highest BCUT2D eigenvalue weighted by atomic mass is 35.5. The average Bonchev–Trinajstić information content (AvgIpc) is 2.20. The molecule has 0 aliphatic heterocycles. The van der Waals surface area contributed by atoms with Gasteiger partial charge in [0.25, 0.3) is 0 Å². The Morgan fingerprint density at radius 3 is 2.37 bits per heavy atom. The molecule has 0 radical (unpaired) electrons. The molecule has 0 heterocycles.